The van der Waals surface area contributed by atoms with Crippen LogP contribution in [-0.4, -0.2) is 51.9 Å². The van der Waals surface area contributed by atoms with Gasteiger partial charge in [0.25, 0.3) is 5.91 Å². The number of rotatable bonds is 7. The van der Waals surface area contributed by atoms with Gasteiger partial charge in [-0.25, -0.2) is 9.59 Å². The van der Waals surface area contributed by atoms with E-state index in [-0.39, 0.29) is 17.2 Å². The number of carbonyl (C=O) groups excluding carboxylic acids is 3. The molecule has 0 radical (unpaired) electrons. The number of imide groups is 1. The minimum Gasteiger partial charge on any atom is -0.480 e. The number of hydrogen-bond donors (Lipinski definition) is 3. The molecule has 0 aromatic heterocycles. The Hall–Kier alpha value is -2.12. The minimum absolute atomic E-state index is 0.0899. The lowest BCUT2D eigenvalue weighted by molar-refractivity contribution is -0.142. The SMILES string of the molecule is CCCCC(NC(=O)CN1C(=O)NC2(CC(C)CC(C)(C)C2)C1=O)C(=O)O. The summed E-state index contributed by atoms with van der Waals surface area (Å²) in [6, 6.07) is -1.60. The molecule has 1 saturated heterocycles. The first kappa shape index (κ1) is 21.2. The largest absolute Gasteiger partial charge is 0.480 e. The van der Waals surface area contributed by atoms with Crippen molar-refractivity contribution in [1.82, 2.24) is 15.5 Å². The van der Waals surface area contributed by atoms with Crippen molar-refractivity contribution < 1.29 is 24.3 Å². The van der Waals surface area contributed by atoms with Crippen LogP contribution >= 0.6 is 0 Å². The van der Waals surface area contributed by atoms with Gasteiger partial charge in [0.15, 0.2) is 0 Å². The average molecular weight is 381 g/mol. The third kappa shape index (κ3) is 4.78. The maximum absolute atomic E-state index is 13.0. The molecule has 2 rings (SSSR count). The minimum atomic E-state index is -1.12. The van der Waals surface area contributed by atoms with Crippen LogP contribution < -0.4 is 10.6 Å². The zero-order valence-electron chi connectivity index (χ0n) is 16.6. The molecular formula is C19H31N3O5. The van der Waals surface area contributed by atoms with E-state index in [1.807, 2.05) is 6.92 Å². The molecule has 27 heavy (non-hydrogen) atoms. The van der Waals surface area contributed by atoms with E-state index in [0.717, 1.165) is 17.7 Å². The second-order valence-corrected chi connectivity index (χ2v) is 8.86. The van der Waals surface area contributed by atoms with Gasteiger partial charge in [-0.05, 0) is 37.0 Å². The third-order valence-corrected chi connectivity index (χ3v) is 5.41. The number of carboxylic acids is 1. The van der Waals surface area contributed by atoms with E-state index in [1.54, 1.807) is 0 Å². The molecule has 3 atom stereocenters. The Bertz CT molecular complexity index is 633. The second kappa shape index (κ2) is 7.86. The van der Waals surface area contributed by atoms with Gasteiger partial charge in [0, 0.05) is 0 Å². The Balaban J connectivity index is 2.07. The Labute approximate surface area is 160 Å². The van der Waals surface area contributed by atoms with Crippen molar-refractivity contribution in [2.75, 3.05) is 6.54 Å². The monoisotopic (exact) mass is 381 g/mol. The van der Waals surface area contributed by atoms with Gasteiger partial charge in [0.05, 0.1) is 0 Å². The maximum atomic E-state index is 13.0. The zero-order chi connectivity index (χ0) is 20.4. The van der Waals surface area contributed by atoms with E-state index in [2.05, 4.69) is 31.4 Å². The highest BCUT2D eigenvalue weighted by Gasteiger charge is 2.56. The van der Waals surface area contributed by atoms with Gasteiger partial charge in [-0.1, -0.05) is 40.5 Å². The topological polar surface area (TPSA) is 116 Å². The molecular weight excluding hydrogens is 350 g/mol. The lowest BCUT2D eigenvalue weighted by Gasteiger charge is -2.43. The molecule has 152 valence electrons. The highest BCUT2D eigenvalue weighted by molar-refractivity contribution is 6.09. The first-order valence-corrected chi connectivity index (χ1v) is 9.66. The van der Waals surface area contributed by atoms with Crippen LogP contribution in [0.1, 0.15) is 66.2 Å². The van der Waals surface area contributed by atoms with Gasteiger partial charge < -0.3 is 15.7 Å². The second-order valence-electron chi connectivity index (χ2n) is 8.86. The number of unbranched alkanes of at least 4 members (excludes halogenated alkanes) is 1. The first-order chi connectivity index (χ1) is 12.5. The average Bonchev–Trinajstić information content (AvgIpc) is 2.72. The quantitative estimate of drug-likeness (QED) is 0.582. The van der Waals surface area contributed by atoms with E-state index in [9.17, 15) is 24.3 Å². The Kier molecular flexibility index (Phi) is 6.17. The molecule has 0 aromatic carbocycles. The van der Waals surface area contributed by atoms with Crippen LogP contribution in [0.2, 0.25) is 0 Å². The van der Waals surface area contributed by atoms with Crippen LogP contribution in [-0.2, 0) is 14.4 Å². The van der Waals surface area contributed by atoms with Crippen molar-refractivity contribution in [3.8, 4) is 0 Å². The van der Waals surface area contributed by atoms with Crippen molar-refractivity contribution in [3.05, 3.63) is 0 Å². The Morgan fingerprint density at radius 2 is 2.00 bits per heavy atom. The molecule has 1 aliphatic heterocycles. The molecule has 0 bridgehead atoms. The number of hydrogen-bond acceptors (Lipinski definition) is 4. The number of carboxylic acid groups (broad SMARTS) is 1. The third-order valence-electron chi connectivity index (χ3n) is 5.41. The fourth-order valence-electron chi connectivity index (χ4n) is 4.70. The molecule has 2 aliphatic rings. The van der Waals surface area contributed by atoms with Crippen LogP contribution in [0.25, 0.3) is 0 Å². The molecule has 0 aromatic rings. The number of carbonyl (C=O) groups is 4. The highest BCUT2D eigenvalue weighted by Crippen LogP contribution is 2.46. The van der Waals surface area contributed by atoms with Crippen molar-refractivity contribution in [3.63, 3.8) is 0 Å². The van der Waals surface area contributed by atoms with E-state index < -0.39 is 36.0 Å². The predicted octanol–water partition coefficient (Wildman–Crippen LogP) is 1.88. The molecule has 2 fully saturated rings. The highest BCUT2D eigenvalue weighted by atomic mass is 16.4. The molecule has 1 saturated carbocycles. The molecule has 1 aliphatic carbocycles. The first-order valence-electron chi connectivity index (χ1n) is 9.66. The van der Waals surface area contributed by atoms with Crippen molar-refractivity contribution >= 4 is 23.8 Å². The zero-order valence-corrected chi connectivity index (χ0v) is 16.6. The van der Waals surface area contributed by atoms with E-state index in [4.69, 9.17) is 0 Å². The van der Waals surface area contributed by atoms with Gasteiger partial charge in [-0.15, -0.1) is 0 Å². The Morgan fingerprint density at radius 3 is 2.56 bits per heavy atom. The van der Waals surface area contributed by atoms with Crippen LogP contribution in [0.5, 0.6) is 0 Å². The van der Waals surface area contributed by atoms with Gasteiger partial charge in [-0.3, -0.25) is 14.5 Å². The number of nitrogens with zero attached hydrogens (tertiary/aromatic N) is 1. The summed E-state index contributed by atoms with van der Waals surface area (Å²) in [6.45, 7) is 7.68. The van der Waals surface area contributed by atoms with Crippen LogP contribution in [0.3, 0.4) is 0 Å². The van der Waals surface area contributed by atoms with E-state index in [1.165, 1.54) is 0 Å². The number of nitrogens with one attached hydrogen (secondary N) is 2. The fourth-order valence-corrected chi connectivity index (χ4v) is 4.70. The van der Waals surface area contributed by atoms with Crippen LogP contribution in [0.4, 0.5) is 4.79 Å². The number of amides is 4. The molecule has 1 heterocycles. The molecule has 3 unspecified atom stereocenters. The van der Waals surface area contributed by atoms with Gasteiger partial charge in [0.2, 0.25) is 5.91 Å². The summed E-state index contributed by atoms with van der Waals surface area (Å²) in [5.74, 6) is -1.87. The lowest BCUT2D eigenvalue weighted by atomic mass is 9.64. The van der Waals surface area contributed by atoms with Crippen LogP contribution in [0, 0.1) is 11.3 Å². The summed E-state index contributed by atoms with van der Waals surface area (Å²) in [4.78, 5) is 49.9. The molecule has 8 nitrogen and oxygen atoms in total. The summed E-state index contributed by atoms with van der Waals surface area (Å²) in [5, 5.41) is 14.5. The van der Waals surface area contributed by atoms with Gasteiger partial charge >= 0.3 is 12.0 Å². The molecule has 8 heteroatoms. The van der Waals surface area contributed by atoms with Crippen molar-refractivity contribution in [2.24, 2.45) is 11.3 Å². The van der Waals surface area contributed by atoms with Crippen molar-refractivity contribution in [2.45, 2.75) is 77.8 Å². The normalized spacial score (nSPS) is 28.1. The van der Waals surface area contributed by atoms with Crippen molar-refractivity contribution in [1.29, 1.82) is 0 Å². The molecule has 4 amide bonds. The maximum Gasteiger partial charge on any atom is 0.326 e. The summed E-state index contributed by atoms with van der Waals surface area (Å²) in [5.41, 5.74) is -1.06. The molecule has 1 spiro atoms. The number of urea groups is 1. The van der Waals surface area contributed by atoms with E-state index >= 15 is 0 Å². The van der Waals surface area contributed by atoms with Gasteiger partial charge in [-0.2, -0.15) is 0 Å². The predicted molar refractivity (Wildman–Crippen MR) is 98.9 cm³/mol. The summed E-state index contributed by atoms with van der Waals surface area (Å²) in [6.07, 6.45) is 3.83. The van der Waals surface area contributed by atoms with E-state index in [0.29, 0.717) is 25.7 Å². The lowest BCUT2D eigenvalue weighted by Crippen LogP contribution is -2.54. The molecule has 3 N–H and O–H groups in total. The standard InChI is InChI=1S/C19H31N3O5/c1-5-6-7-13(15(24)25)20-14(23)10-22-16(26)19(21-17(22)27)9-12(2)8-18(3,4)11-19/h12-13H,5-11H2,1-4H3,(H,20,23)(H,21,27)(H,24,25). The fraction of sp³-hybridized carbons (Fsp3) is 0.789. The van der Waals surface area contributed by atoms with Gasteiger partial charge in [0.1, 0.15) is 18.1 Å². The summed E-state index contributed by atoms with van der Waals surface area (Å²) >= 11 is 0. The van der Waals surface area contributed by atoms with Crippen LogP contribution in [0.15, 0.2) is 0 Å². The Morgan fingerprint density at radius 1 is 1.33 bits per heavy atom. The number of aliphatic carboxylic acids is 1. The smallest absolute Gasteiger partial charge is 0.326 e. The summed E-state index contributed by atoms with van der Waals surface area (Å²) < 4.78 is 0. The summed E-state index contributed by atoms with van der Waals surface area (Å²) in [7, 11) is 0.